The van der Waals surface area contributed by atoms with Crippen molar-refractivity contribution in [3.8, 4) is 6.07 Å². The van der Waals surface area contributed by atoms with E-state index in [0.717, 1.165) is 6.42 Å². The number of hydrogen-bond donors (Lipinski definition) is 1. The zero-order chi connectivity index (χ0) is 13.5. The quantitative estimate of drug-likeness (QED) is 0.743. The van der Waals surface area contributed by atoms with E-state index >= 15 is 0 Å². The molecule has 0 aliphatic heterocycles. The van der Waals surface area contributed by atoms with Gasteiger partial charge in [0.25, 0.3) is 0 Å². The highest BCUT2D eigenvalue weighted by atomic mass is 16.2. The van der Waals surface area contributed by atoms with E-state index in [-0.39, 0.29) is 5.91 Å². The van der Waals surface area contributed by atoms with Gasteiger partial charge in [0.05, 0.1) is 19.0 Å². The van der Waals surface area contributed by atoms with Gasteiger partial charge in [-0.1, -0.05) is 6.42 Å². The van der Waals surface area contributed by atoms with Crippen LogP contribution >= 0.6 is 0 Å². The van der Waals surface area contributed by atoms with Crippen LogP contribution in [0.1, 0.15) is 25.7 Å². The minimum Gasteiger partial charge on any atom is -0.344 e. The van der Waals surface area contributed by atoms with E-state index in [2.05, 4.69) is 11.0 Å². The maximum atomic E-state index is 12.0. The lowest BCUT2D eigenvalue weighted by Gasteiger charge is -2.30. The largest absolute Gasteiger partial charge is 0.344 e. The lowest BCUT2D eigenvalue weighted by atomic mass is 10.0. The van der Waals surface area contributed by atoms with Gasteiger partial charge in [0.2, 0.25) is 5.91 Å². The molecule has 18 heavy (non-hydrogen) atoms. The van der Waals surface area contributed by atoms with Gasteiger partial charge in [0.1, 0.15) is 0 Å². The SMILES string of the molecule is CN(CCC#N)C(=O)CN(C)C1CCCC1CN. The molecule has 0 saturated heterocycles. The third kappa shape index (κ3) is 3.97. The summed E-state index contributed by atoms with van der Waals surface area (Å²) >= 11 is 0. The Morgan fingerprint density at radius 2 is 2.17 bits per heavy atom. The topological polar surface area (TPSA) is 73.4 Å². The summed E-state index contributed by atoms with van der Waals surface area (Å²) in [5, 5.41) is 8.51. The Bertz CT molecular complexity index is 313. The van der Waals surface area contributed by atoms with Crippen molar-refractivity contribution in [2.45, 2.75) is 31.7 Å². The molecular formula is C13H24N4O. The first-order valence-electron chi connectivity index (χ1n) is 6.61. The van der Waals surface area contributed by atoms with E-state index in [4.69, 9.17) is 11.0 Å². The zero-order valence-electron chi connectivity index (χ0n) is 11.4. The fourth-order valence-electron chi connectivity index (χ4n) is 2.67. The highest BCUT2D eigenvalue weighted by Gasteiger charge is 2.30. The molecule has 0 aromatic heterocycles. The number of carbonyl (C=O) groups excluding carboxylic acids is 1. The number of nitrogens with zero attached hydrogens (tertiary/aromatic N) is 3. The van der Waals surface area contributed by atoms with Crippen LogP contribution in [0.4, 0.5) is 0 Å². The van der Waals surface area contributed by atoms with Gasteiger partial charge in [-0.25, -0.2) is 0 Å². The van der Waals surface area contributed by atoms with Gasteiger partial charge in [-0.05, 0) is 32.4 Å². The summed E-state index contributed by atoms with van der Waals surface area (Å²) < 4.78 is 0. The van der Waals surface area contributed by atoms with Crippen LogP contribution in [0.2, 0.25) is 0 Å². The summed E-state index contributed by atoms with van der Waals surface area (Å²) in [5.74, 6) is 0.600. The van der Waals surface area contributed by atoms with E-state index in [1.54, 1.807) is 11.9 Å². The van der Waals surface area contributed by atoms with Crippen molar-refractivity contribution >= 4 is 5.91 Å². The van der Waals surface area contributed by atoms with Crippen LogP contribution in [0.15, 0.2) is 0 Å². The molecule has 1 fully saturated rings. The van der Waals surface area contributed by atoms with Crippen LogP contribution in [-0.2, 0) is 4.79 Å². The predicted octanol–water partition coefficient (Wildman–Crippen LogP) is 0.418. The first-order valence-corrected chi connectivity index (χ1v) is 6.61. The van der Waals surface area contributed by atoms with Gasteiger partial charge in [0, 0.05) is 19.6 Å². The molecule has 0 aromatic rings. The molecule has 102 valence electrons. The first kappa shape index (κ1) is 14.9. The second-order valence-electron chi connectivity index (χ2n) is 5.13. The van der Waals surface area contributed by atoms with E-state index in [1.807, 2.05) is 7.05 Å². The van der Waals surface area contributed by atoms with Gasteiger partial charge >= 0.3 is 0 Å². The van der Waals surface area contributed by atoms with Crippen LogP contribution in [0, 0.1) is 17.2 Å². The number of likely N-dealkylation sites (N-methyl/N-ethyl adjacent to an activating group) is 2. The summed E-state index contributed by atoms with van der Waals surface area (Å²) in [6.07, 6.45) is 3.90. The maximum absolute atomic E-state index is 12.0. The number of rotatable bonds is 6. The summed E-state index contributed by atoms with van der Waals surface area (Å²) in [5.41, 5.74) is 5.76. The number of nitriles is 1. The highest BCUT2D eigenvalue weighted by Crippen LogP contribution is 2.28. The smallest absolute Gasteiger partial charge is 0.236 e. The third-order valence-corrected chi connectivity index (χ3v) is 3.86. The van der Waals surface area contributed by atoms with Gasteiger partial charge in [-0.15, -0.1) is 0 Å². The normalized spacial score (nSPS) is 23.1. The van der Waals surface area contributed by atoms with Gasteiger partial charge in [-0.3, -0.25) is 9.69 Å². The van der Waals surface area contributed by atoms with Crippen molar-refractivity contribution in [2.24, 2.45) is 11.7 Å². The molecule has 0 bridgehead atoms. The van der Waals surface area contributed by atoms with Crippen molar-refractivity contribution in [3.63, 3.8) is 0 Å². The fraction of sp³-hybridized carbons (Fsp3) is 0.846. The lowest BCUT2D eigenvalue weighted by Crippen LogP contribution is -2.44. The Labute approximate surface area is 110 Å². The molecular weight excluding hydrogens is 228 g/mol. The van der Waals surface area contributed by atoms with Gasteiger partial charge < -0.3 is 10.6 Å². The second-order valence-corrected chi connectivity index (χ2v) is 5.13. The van der Waals surface area contributed by atoms with Crippen LogP contribution in [-0.4, -0.2) is 55.5 Å². The van der Waals surface area contributed by atoms with Crippen LogP contribution in [0.3, 0.4) is 0 Å². The zero-order valence-corrected chi connectivity index (χ0v) is 11.4. The Kier molecular flexibility index (Phi) is 6.10. The Morgan fingerprint density at radius 3 is 2.78 bits per heavy atom. The second kappa shape index (κ2) is 7.34. The molecule has 0 heterocycles. The monoisotopic (exact) mass is 252 g/mol. The number of amides is 1. The van der Waals surface area contributed by atoms with Crippen molar-refractivity contribution in [1.29, 1.82) is 5.26 Å². The van der Waals surface area contributed by atoms with E-state index in [0.29, 0.717) is 38.0 Å². The Balaban J connectivity index is 2.41. The Hall–Kier alpha value is -1.12. The van der Waals surface area contributed by atoms with Crippen LogP contribution in [0.25, 0.3) is 0 Å². The molecule has 1 aliphatic rings. The molecule has 5 heteroatoms. The van der Waals surface area contributed by atoms with Crippen molar-refractivity contribution in [1.82, 2.24) is 9.80 Å². The van der Waals surface area contributed by atoms with Crippen molar-refractivity contribution < 1.29 is 4.79 Å². The predicted molar refractivity (Wildman–Crippen MR) is 70.7 cm³/mol. The standard InChI is InChI=1S/C13H24N4O/c1-16(8-4-7-14)13(18)10-17(2)12-6-3-5-11(12)9-15/h11-12H,3-6,8-10,15H2,1-2H3. The van der Waals surface area contributed by atoms with Crippen molar-refractivity contribution in [3.05, 3.63) is 0 Å². The molecule has 0 aromatic carbocycles. The van der Waals surface area contributed by atoms with E-state index in [9.17, 15) is 4.79 Å². The van der Waals surface area contributed by atoms with E-state index < -0.39 is 0 Å². The molecule has 1 aliphatic carbocycles. The third-order valence-electron chi connectivity index (χ3n) is 3.86. The minimum absolute atomic E-state index is 0.0791. The molecule has 1 rings (SSSR count). The Morgan fingerprint density at radius 1 is 1.44 bits per heavy atom. The lowest BCUT2D eigenvalue weighted by molar-refractivity contribution is -0.131. The van der Waals surface area contributed by atoms with Gasteiger partial charge in [-0.2, -0.15) is 5.26 Å². The van der Waals surface area contributed by atoms with Crippen LogP contribution in [0.5, 0.6) is 0 Å². The summed E-state index contributed by atoms with van der Waals surface area (Å²) in [7, 11) is 3.75. The van der Waals surface area contributed by atoms with Crippen molar-refractivity contribution in [2.75, 3.05) is 33.7 Å². The molecule has 2 atom stereocenters. The summed E-state index contributed by atoms with van der Waals surface area (Å²) in [6.45, 7) is 1.63. The average Bonchev–Trinajstić information content (AvgIpc) is 2.83. The number of carbonyl (C=O) groups is 1. The minimum atomic E-state index is 0.0791. The maximum Gasteiger partial charge on any atom is 0.236 e. The molecule has 0 spiro atoms. The molecule has 0 radical (unpaired) electrons. The highest BCUT2D eigenvalue weighted by molar-refractivity contribution is 5.78. The number of hydrogen-bond acceptors (Lipinski definition) is 4. The van der Waals surface area contributed by atoms with Gasteiger partial charge in [0.15, 0.2) is 0 Å². The number of nitrogens with two attached hydrogens (primary N) is 1. The molecule has 1 saturated carbocycles. The fourth-order valence-corrected chi connectivity index (χ4v) is 2.67. The molecule has 1 amide bonds. The average molecular weight is 252 g/mol. The molecule has 2 N–H and O–H groups in total. The summed E-state index contributed by atoms with van der Waals surface area (Å²) in [6, 6.07) is 2.49. The summed E-state index contributed by atoms with van der Waals surface area (Å²) in [4.78, 5) is 15.7. The molecule has 2 unspecified atom stereocenters. The van der Waals surface area contributed by atoms with Crippen LogP contribution < -0.4 is 5.73 Å². The van der Waals surface area contributed by atoms with E-state index in [1.165, 1.54) is 12.8 Å². The first-order chi connectivity index (χ1) is 8.60. The molecule has 5 nitrogen and oxygen atoms in total.